The zero-order valence-electron chi connectivity index (χ0n) is 11.9. The largest absolute Gasteiger partial charge is 0.481 e. The summed E-state index contributed by atoms with van der Waals surface area (Å²) in [7, 11) is 1.75. The number of carboxylic acid groups (broad SMARTS) is 1. The van der Waals surface area contributed by atoms with E-state index < -0.39 is 12.0 Å². The first-order chi connectivity index (χ1) is 9.99. The van der Waals surface area contributed by atoms with Gasteiger partial charge in [0.1, 0.15) is 0 Å². The Morgan fingerprint density at radius 3 is 2.52 bits per heavy atom. The molecule has 2 aromatic rings. The molecule has 0 aliphatic rings. The van der Waals surface area contributed by atoms with Gasteiger partial charge in [-0.15, -0.1) is 0 Å². The van der Waals surface area contributed by atoms with Gasteiger partial charge in [-0.25, -0.2) is 0 Å². The molecule has 0 radical (unpaired) electrons. The fraction of sp³-hybridized carbons (Fsp3) is 0.267. The second kappa shape index (κ2) is 6.21. The van der Waals surface area contributed by atoms with Crippen molar-refractivity contribution in [2.75, 3.05) is 0 Å². The Kier molecular flexibility index (Phi) is 4.37. The Labute approximate surface area is 122 Å². The first-order valence-electron chi connectivity index (χ1n) is 6.55. The van der Waals surface area contributed by atoms with Crippen LogP contribution in [0.5, 0.6) is 0 Å². The summed E-state index contributed by atoms with van der Waals surface area (Å²) < 4.78 is 1.60. The topological polar surface area (TPSA) is 84.2 Å². The van der Waals surface area contributed by atoms with Crippen LogP contribution in [-0.4, -0.2) is 26.8 Å². The maximum Gasteiger partial charge on any atom is 0.305 e. The molecule has 6 nitrogen and oxygen atoms in total. The van der Waals surface area contributed by atoms with Gasteiger partial charge in [0.05, 0.1) is 24.2 Å². The zero-order valence-corrected chi connectivity index (χ0v) is 11.9. The summed E-state index contributed by atoms with van der Waals surface area (Å²) in [6.45, 7) is 1.79. The van der Waals surface area contributed by atoms with Gasteiger partial charge < -0.3 is 10.4 Å². The summed E-state index contributed by atoms with van der Waals surface area (Å²) in [6, 6.07) is 8.48. The lowest BCUT2D eigenvalue weighted by Crippen LogP contribution is -2.30. The minimum Gasteiger partial charge on any atom is -0.481 e. The lowest BCUT2D eigenvalue weighted by molar-refractivity contribution is -0.137. The van der Waals surface area contributed by atoms with Gasteiger partial charge in [0.25, 0.3) is 5.91 Å². The highest BCUT2D eigenvalue weighted by Gasteiger charge is 2.20. The van der Waals surface area contributed by atoms with E-state index in [4.69, 9.17) is 5.11 Å². The number of benzene rings is 1. The summed E-state index contributed by atoms with van der Waals surface area (Å²) in [5, 5.41) is 15.8. The molecular weight excluding hydrogens is 270 g/mol. The predicted molar refractivity (Wildman–Crippen MR) is 76.8 cm³/mol. The van der Waals surface area contributed by atoms with Crippen molar-refractivity contribution in [3.05, 3.63) is 53.3 Å². The zero-order chi connectivity index (χ0) is 15.4. The Bertz CT molecular complexity index is 649. The molecule has 1 heterocycles. The number of aryl methyl sites for hydroxylation is 1. The fourth-order valence-corrected chi connectivity index (χ4v) is 2.07. The maximum absolute atomic E-state index is 12.3. The van der Waals surface area contributed by atoms with Crippen molar-refractivity contribution < 1.29 is 14.7 Å². The summed E-state index contributed by atoms with van der Waals surface area (Å²) >= 11 is 0. The summed E-state index contributed by atoms with van der Waals surface area (Å²) in [5.41, 5.74) is 1.94. The Balaban J connectivity index is 2.21. The second-order valence-corrected chi connectivity index (χ2v) is 4.80. The van der Waals surface area contributed by atoms with Gasteiger partial charge in [-0.3, -0.25) is 14.3 Å². The molecule has 1 unspecified atom stereocenters. The number of nitrogens with zero attached hydrogens (tertiary/aromatic N) is 2. The van der Waals surface area contributed by atoms with E-state index in [0.717, 1.165) is 11.3 Å². The molecule has 2 rings (SSSR count). The smallest absolute Gasteiger partial charge is 0.305 e. The van der Waals surface area contributed by atoms with Crippen molar-refractivity contribution in [3.63, 3.8) is 0 Å². The molecule has 6 heteroatoms. The van der Waals surface area contributed by atoms with Crippen molar-refractivity contribution in [3.8, 4) is 0 Å². The number of hydrogen-bond acceptors (Lipinski definition) is 3. The monoisotopic (exact) mass is 287 g/mol. The van der Waals surface area contributed by atoms with Gasteiger partial charge in [0, 0.05) is 12.7 Å². The number of aromatic nitrogens is 2. The third-order valence-electron chi connectivity index (χ3n) is 3.37. The SMILES string of the molecule is Cc1c(C(=O)NC(CC(=O)O)c2ccccc2)cnn1C. The van der Waals surface area contributed by atoms with Crippen LogP contribution >= 0.6 is 0 Å². The number of nitrogens with one attached hydrogen (secondary N) is 1. The minimum absolute atomic E-state index is 0.172. The molecule has 0 fully saturated rings. The van der Waals surface area contributed by atoms with E-state index in [2.05, 4.69) is 10.4 Å². The normalized spacial score (nSPS) is 11.9. The van der Waals surface area contributed by atoms with Crippen LogP contribution in [0.2, 0.25) is 0 Å². The van der Waals surface area contributed by atoms with Crippen molar-refractivity contribution >= 4 is 11.9 Å². The van der Waals surface area contributed by atoms with E-state index in [-0.39, 0.29) is 12.3 Å². The molecule has 0 aliphatic carbocycles. The van der Waals surface area contributed by atoms with Gasteiger partial charge in [-0.1, -0.05) is 30.3 Å². The van der Waals surface area contributed by atoms with Crippen LogP contribution < -0.4 is 5.32 Å². The number of carbonyl (C=O) groups excluding carboxylic acids is 1. The van der Waals surface area contributed by atoms with Crippen molar-refractivity contribution in [2.24, 2.45) is 7.05 Å². The average molecular weight is 287 g/mol. The van der Waals surface area contributed by atoms with E-state index >= 15 is 0 Å². The van der Waals surface area contributed by atoms with E-state index in [0.29, 0.717) is 5.56 Å². The molecule has 110 valence electrons. The second-order valence-electron chi connectivity index (χ2n) is 4.80. The van der Waals surface area contributed by atoms with Crippen LogP contribution in [0.4, 0.5) is 0 Å². The molecule has 0 bridgehead atoms. The van der Waals surface area contributed by atoms with Crippen LogP contribution in [0.25, 0.3) is 0 Å². The number of hydrogen-bond donors (Lipinski definition) is 2. The molecular formula is C15H17N3O3. The van der Waals surface area contributed by atoms with E-state index in [1.165, 1.54) is 6.20 Å². The standard InChI is InChI=1S/C15H17N3O3/c1-10-12(9-16-18(10)2)15(21)17-13(8-14(19)20)11-6-4-3-5-7-11/h3-7,9,13H,8H2,1-2H3,(H,17,21)(H,19,20). The molecule has 0 spiro atoms. The lowest BCUT2D eigenvalue weighted by Gasteiger charge is -2.17. The Hall–Kier alpha value is -2.63. The quantitative estimate of drug-likeness (QED) is 0.876. The van der Waals surface area contributed by atoms with E-state index in [9.17, 15) is 9.59 Å². The third kappa shape index (κ3) is 3.47. The van der Waals surface area contributed by atoms with Crippen LogP contribution in [0, 0.1) is 6.92 Å². The number of amides is 1. The van der Waals surface area contributed by atoms with Crippen LogP contribution in [0.15, 0.2) is 36.5 Å². The highest BCUT2D eigenvalue weighted by atomic mass is 16.4. The highest BCUT2D eigenvalue weighted by molar-refractivity contribution is 5.95. The Morgan fingerprint density at radius 2 is 2.00 bits per heavy atom. The number of rotatable bonds is 5. The van der Waals surface area contributed by atoms with Gasteiger partial charge in [0.15, 0.2) is 0 Å². The summed E-state index contributed by atoms with van der Waals surface area (Å²) in [4.78, 5) is 23.3. The predicted octanol–water partition coefficient (Wildman–Crippen LogP) is 1.67. The minimum atomic E-state index is -0.966. The molecule has 1 atom stereocenters. The highest BCUT2D eigenvalue weighted by Crippen LogP contribution is 2.18. The van der Waals surface area contributed by atoms with Crippen LogP contribution in [-0.2, 0) is 11.8 Å². The van der Waals surface area contributed by atoms with Crippen molar-refractivity contribution in [1.29, 1.82) is 0 Å². The molecule has 21 heavy (non-hydrogen) atoms. The number of carboxylic acids is 1. The van der Waals surface area contributed by atoms with E-state index in [1.807, 2.05) is 18.2 Å². The molecule has 0 aliphatic heterocycles. The average Bonchev–Trinajstić information content (AvgIpc) is 2.79. The van der Waals surface area contributed by atoms with Crippen molar-refractivity contribution in [1.82, 2.24) is 15.1 Å². The maximum atomic E-state index is 12.3. The summed E-state index contributed by atoms with van der Waals surface area (Å²) in [6.07, 6.45) is 1.31. The summed E-state index contributed by atoms with van der Waals surface area (Å²) in [5.74, 6) is -1.29. The molecule has 1 aromatic carbocycles. The van der Waals surface area contributed by atoms with Gasteiger partial charge in [-0.05, 0) is 12.5 Å². The van der Waals surface area contributed by atoms with Gasteiger partial charge >= 0.3 is 5.97 Å². The van der Waals surface area contributed by atoms with Crippen LogP contribution in [0.3, 0.4) is 0 Å². The molecule has 1 amide bonds. The molecule has 2 N–H and O–H groups in total. The number of aliphatic carboxylic acids is 1. The Morgan fingerprint density at radius 1 is 1.33 bits per heavy atom. The van der Waals surface area contributed by atoms with Gasteiger partial charge in [0.2, 0.25) is 0 Å². The fourth-order valence-electron chi connectivity index (χ4n) is 2.07. The first-order valence-corrected chi connectivity index (χ1v) is 6.55. The number of carbonyl (C=O) groups is 2. The van der Waals surface area contributed by atoms with E-state index in [1.54, 1.807) is 30.8 Å². The lowest BCUT2D eigenvalue weighted by atomic mass is 10.0. The third-order valence-corrected chi connectivity index (χ3v) is 3.37. The molecule has 0 saturated carbocycles. The van der Waals surface area contributed by atoms with Crippen LogP contribution in [0.1, 0.15) is 34.1 Å². The van der Waals surface area contributed by atoms with Crippen molar-refractivity contribution in [2.45, 2.75) is 19.4 Å². The first kappa shape index (κ1) is 14.8. The molecule has 0 saturated heterocycles. The molecule has 1 aromatic heterocycles. The van der Waals surface area contributed by atoms with Gasteiger partial charge in [-0.2, -0.15) is 5.10 Å².